The van der Waals surface area contributed by atoms with Crippen LogP contribution in [0.3, 0.4) is 0 Å². The zero-order valence-corrected chi connectivity index (χ0v) is 6.84. The van der Waals surface area contributed by atoms with Crippen molar-refractivity contribution in [3.8, 4) is 0 Å². The highest BCUT2D eigenvalue weighted by Gasteiger charge is 2.40. The molecule has 0 saturated carbocycles. The summed E-state index contributed by atoms with van der Waals surface area (Å²) in [6.07, 6.45) is 1.74. The molecule has 70 valence electrons. The Labute approximate surface area is 73.8 Å². The van der Waals surface area contributed by atoms with Crippen molar-refractivity contribution in [3.05, 3.63) is 11.9 Å². The van der Waals surface area contributed by atoms with Gasteiger partial charge in [0.15, 0.2) is 5.60 Å². The third-order valence-electron chi connectivity index (χ3n) is 2.31. The van der Waals surface area contributed by atoms with E-state index < -0.39 is 11.6 Å². The number of hydrogen-bond donors (Lipinski definition) is 2. The molecule has 1 aliphatic heterocycles. The van der Waals surface area contributed by atoms with E-state index in [1.807, 2.05) is 0 Å². The van der Waals surface area contributed by atoms with E-state index in [1.165, 1.54) is 6.20 Å². The van der Waals surface area contributed by atoms with Crippen molar-refractivity contribution in [1.82, 2.24) is 15.0 Å². The van der Waals surface area contributed by atoms with Crippen LogP contribution in [0.2, 0.25) is 0 Å². The SMILES string of the molecule is O=C(O)C1(O)CCn2nncc2C1. The average molecular weight is 183 g/mol. The van der Waals surface area contributed by atoms with Crippen LogP contribution >= 0.6 is 0 Å². The zero-order chi connectivity index (χ0) is 9.47. The van der Waals surface area contributed by atoms with E-state index >= 15 is 0 Å². The smallest absolute Gasteiger partial charge is 0.336 e. The summed E-state index contributed by atoms with van der Waals surface area (Å²) < 4.78 is 1.61. The van der Waals surface area contributed by atoms with E-state index in [-0.39, 0.29) is 12.8 Å². The third kappa shape index (κ3) is 1.19. The van der Waals surface area contributed by atoms with E-state index in [9.17, 15) is 9.90 Å². The van der Waals surface area contributed by atoms with E-state index in [1.54, 1.807) is 4.68 Å². The van der Waals surface area contributed by atoms with Crippen LogP contribution in [0.1, 0.15) is 12.1 Å². The minimum atomic E-state index is -1.64. The molecule has 0 saturated heterocycles. The second-order valence-corrected chi connectivity index (χ2v) is 3.21. The van der Waals surface area contributed by atoms with Gasteiger partial charge in [0, 0.05) is 19.4 Å². The Morgan fingerprint density at radius 2 is 2.46 bits per heavy atom. The number of aliphatic hydroxyl groups is 1. The standard InChI is InChI=1S/C7H9N3O3/c11-6(12)7(13)1-2-10-5(3-7)4-8-9-10/h4,13H,1-3H2,(H,11,12). The van der Waals surface area contributed by atoms with E-state index in [0.29, 0.717) is 12.2 Å². The summed E-state index contributed by atoms with van der Waals surface area (Å²) in [5.74, 6) is -1.18. The minimum absolute atomic E-state index is 0.0787. The summed E-state index contributed by atoms with van der Waals surface area (Å²) in [6, 6.07) is 0. The lowest BCUT2D eigenvalue weighted by atomic mass is 9.91. The molecule has 13 heavy (non-hydrogen) atoms. The fraction of sp³-hybridized carbons (Fsp3) is 0.571. The lowest BCUT2D eigenvalue weighted by Crippen LogP contribution is -2.45. The minimum Gasteiger partial charge on any atom is -0.479 e. The summed E-state index contributed by atoms with van der Waals surface area (Å²) in [7, 11) is 0. The van der Waals surface area contributed by atoms with Gasteiger partial charge in [-0.1, -0.05) is 5.21 Å². The molecule has 0 aliphatic carbocycles. The highest BCUT2D eigenvalue weighted by Crippen LogP contribution is 2.23. The molecule has 2 N–H and O–H groups in total. The fourth-order valence-corrected chi connectivity index (χ4v) is 1.47. The Hall–Kier alpha value is -1.43. The second-order valence-electron chi connectivity index (χ2n) is 3.21. The van der Waals surface area contributed by atoms with Gasteiger partial charge < -0.3 is 10.2 Å². The van der Waals surface area contributed by atoms with Crippen LogP contribution in [0.4, 0.5) is 0 Å². The molecule has 0 spiro atoms. The first-order valence-corrected chi connectivity index (χ1v) is 3.95. The second kappa shape index (κ2) is 2.53. The van der Waals surface area contributed by atoms with Gasteiger partial charge in [-0.2, -0.15) is 0 Å². The van der Waals surface area contributed by atoms with Gasteiger partial charge in [-0.05, 0) is 0 Å². The molecule has 6 nitrogen and oxygen atoms in total. The monoisotopic (exact) mass is 183 g/mol. The van der Waals surface area contributed by atoms with Crippen molar-refractivity contribution in [2.24, 2.45) is 0 Å². The Bertz CT molecular complexity index is 349. The maximum absolute atomic E-state index is 10.7. The first-order valence-electron chi connectivity index (χ1n) is 3.95. The molecule has 1 aliphatic rings. The first kappa shape index (κ1) is 8.18. The Balaban J connectivity index is 2.30. The molecular weight excluding hydrogens is 174 g/mol. The Morgan fingerprint density at radius 1 is 1.69 bits per heavy atom. The molecule has 0 amide bonds. The molecule has 1 atom stereocenters. The number of carboxylic acid groups (broad SMARTS) is 1. The molecule has 0 radical (unpaired) electrons. The van der Waals surface area contributed by atoms with Crippen molar-refractivity contribution < 1.29 is 15.0 Å². The molecule has 2 rings (SSSR count). The van der Waals surface area contributed by atoms with Crippen molar-refractivity contribution in [3.63, 3.8) is 0 Å². The lowest BCUT2D eigenvalue weighted by molar-refractivity contribution is -0.160. The van der Waals surface area contributed by atoms with Crippen molar-refractivity contribution in [2.45, 2.75) is 25.0 Å². The molecule has 6 heteroatoms. The van der Waals surface area contributed by atoms with Gasteiger partial charge in [-0.3, -0.25) is 0 Å². The number of aryl methyl sites for hydroxylation is 1. The van der Waals surface area contributed by atoms with Crippen LogP contribution in [0.5, 0.6) is 0 Å². The normalized spacial score (nSPS) is 26.8. The summed E-state index contributed by atoms with van der Waals surface area (Å²) in [6.45, 7) is 0.401. The van der Waals surface area contributed by atoms with Crippen molar-refractivity contribution >= 4 is 5.97 Å². The number of aromatic nitrogens is 3. The molecule has 0 fully saturated rings. The number of carbonyl (C=O) groups is 1. The number of carboxylic acids is 1. The van der Waals surface area contributed by atoms with Gasteiger partial charge in [-0.15, -0.1) is 5.10 Å². The summed E-state index contributed by atoms with van der Waals surface area (Å²) in [5.41, 5.74) is -0.978. The molecular formula is C7H9N3O3. The average Bonchev–Trinajstić information content (AvgIpc) is 2.50. The Morgan fingerprint density at radius 3 is 3.15 bits per heavy atom. The van der Waals surface area contributed by atoms with E-state index in [2.05, 4.69) is 10.3 Å². The maximum Gasteiger partial charge on any atom is 0.336 e. The predicted molar refractivity (Wildman–Crippen MR) is 40.9 cm³/mol. The number of fused-ring (bicyclic) bond motifs is 1. The molecule has 1 aromatic heterocycles. The van der Waals surface area contributed by atoms with Crippen LogP contribution in [-0.4, -0.2) is 36.8 Å². The summed E-state index contributed by atoms with van der Waals surface area (Å²) >= 11 is 0. The van der Waals surface area contributed by atoms with Crippen LogP contribution in [-0.2, 0) is 17.8 Å². The molecule has 1 aromatic rings. The lowest BCUT2D eigenvalue weighted by Gasteiger charge is -2.27. The molecule has 1 unspecified atom stereocenters. The first-order chi connectivity index (χ1) is 6.12. The number of nitrogens with zero attached hydrogens (tertiary/aromatic N) is 3. The molecule has 0 bridgehead atoms. The van der Waals surface area contributed by atoms with Crippen LogP contribution in [0.25, 0.3) is 0 Å². The third-order valence-corrected chi connectivity index (χ3v) is 2.31. The van der Waals surface area contributed by atoms with E-state index in [4.69, 9.17) is 5.11 Å². The molecule has 0 aromatic carbocycles. The van der Waals surface area contributed by atoms with Gasteiger partial charge >= 0.3 is 5.97 Å². The van der Waals surface area contributed by atoms with Crippen LogP contribution < -0.4 is 0 Å². The topological polar surface area (TPSA) is 88.2 Å². The zero-order valence-electron chi connectivity index (χ0n) is 6.84. The van der Waals surface area contributed by atoms with Crippen LogP contribution in [0.15, 0.2) is 6.20 Å². The van der Waals surface area contributed by atoms with Gasteiger partial charge in [0.05, 0.1) is 11.9 Å². The number of aliphatic carboxylic acids is 1. The molecule has 2 heterocycles. The van der Waals surface area contributed by atoms with Crippen LogP contribution in [0, 0.1) is 0 Å². The number of hydrogen-bond acceptors (Lipinski definition) is 4. The van der Waals surface area contributed by atoms with Gasteiger partial charge in [-0.25, -0.2) is 9.48 Å². The van der Waals surface area contributed by atoms with Gasteiger partial charge in [0.2, 0.25) is 0 Å². The fourth-order valence-electron chi connectivity index (χ4n) is 1.47. The van der Waals surface area contributed by atoms with Crippen molar-refractivity contribution in [2.75, 3.05) is 0 Å². The maximum atomic E-state index is 10.7. The number of rotatable bonds is 1. The largest absolute Gasteiger partial charge is 0.479 e. The Kier molecular flexibility index (Phi) is 1.59. The van der Waals surface area contributed by atoms with E-state index in [0.717, 1.165) is 0 Å². The van der Waals surface area contributed by atoms with Gasteiger partial charge in [0.25, 0.3) is 0 Å². The summed E-state index contributed by atoms with van der Waals surface area (Å²) in [5, 5.41) is 25.8. The van der Waals surface area contributed by atoms with Crippen molar-refractivity contribution in [1.29, 1.82) is 0 Å². The van der Waals surface area contributed by atoms with Gasteiger partial charge in [0.1, 0.15) is 0 Å². The summed E-state index contributed by atoms with van der Waals surface area (Å²) in [4.78, 5) is 10.7. The highest BCUT2D eigenvalue weighted by molar-refractivity contribution is 5.77. The highest BCUT2D eigenvalue weighted by atomic mass is 16.4. The quantitative estimate of drug-likeness (QED) is 0.585. The predicted octanol–water partition coefficient (Wildman–Crippen LogP) is -0.960.